The zero-order valence-electron chi connectivity index (χ0n) is 20.4. The Bertz CT molecular complexity index is 783. The number of benzene rings is 1. The van der Waals surface area contributed by atoms with Gasteiger partial charge in [0.2, 0.25) is 5.91 Å². The van der Waals surface area contributed by atoms with Gasteiger partial charge in [-0.2, -0.15) is 0 Å². The van der Waals surface area contributed by atoms with Gasteiger partial charge in [-0.15, -0.1) is 0 Å². The van der Waals surface area contributed by atoms with E-state index in [2.05, 4.69) is 31.4 Å². The van der Waals surface area contributed by atoms with Crippen molar-refractivity contribution in [1.82, 2.24) is 15.5 Å². The van der Waals surface area contributed by atoms with Crippen LogP contribution in [0, 0.1) is 5.92 Å². The van der Waals surface area contributed by atoms with E-state index in [-0.39, 0.29) is 30.2 Å². The summed E-state index contributed by atoms with van der Waals surface area (Å²) in [5, 5.41) is 5.65. The molecule has 0 bridgehead atoms. The lowest BCUT2D eigenvalue weighted by Gasteiger charge is -2.32. The summed E-state index contributed by atoms with van der Waals surface area (Å²) in [6.07, 6.45) is 1.46. The van der Waals surface area contributed by atoms with Crippen molar-refractivity contribution in [3.63, 3.8) is 0 Å². The first-order chi connectivity index (χ1) is 14.8. The first kappa shape index (κ1) is 25.7. The van der Waals surface area contributed by atoms with Gasteiger partial charge in [0.1, 0.15) is 5.60 Å². The van der Waals surface area contributed by atoms with Crippen molar-refractivity contribution >= 4 is 17.9 Å². The van der Waals surface area contributed by atoms with Crippen LogP contribution in [0.4, 0.5) is 4.79 Å². The van der Waals surface area contributed by atoms with Crippen LogP contribution < -0.4 is 10.6 Å². The third-order valence-corrected chi connectivity index (χ3v) is 5.54. The Morgan fingerprint density at radius 1 is 0.969 bits per heavy atom. The summed E-state index contributed by atoms with van der Waals surface area (Å²) in [5.74, 6) is 0.330. The van der Waals surface area contributed by atoms with Gasteiger partial charge in [0.05, 0.1) is 0 Å². The van der Waals surface area contributed by atoms with Crippen molar-refractivity contribution in [2.45, 2.75) is 71.8 Å². The van der Waals surface area contributed by atoms with Gasteiger partial charge in [0.15, 0.2) is 0 Å². The quantitative estimate of drug-likeness (QED) is 0.696. The van der Waals surface area contributed by atoms with E-state index < -0.39 is 11.7 Å². The molecule has 32 heavy (non-hydrogen) atoms. The van der Waals surface area contributed by atoms with Gasteiger partial charge in [0.25, 0.3) is 5.91 Å². The number of rotatable bonds is 6. The number of carbonyl (C=O) groups excluding carboxylic acids is 3. The van der Waals surface area contributed by atoms with Crippen LogP contribution >= 0.6 is 0 Å². The van der Waals surface area contributed by atoms with Gasteiger partial charge in [-0.3, -0.25) is 9.59 Å². The fraction of sp³-hybridized carbons (Fsp3) is 0.640. The Balaban J connectivity index is 1.67. The maximum atomic E-state index is 12.5. The molecule has 7 heteroatoms. The number of nitrogens with zero attached hydrogens (tertiary/aromatic N) is 1. The topological polar surface area (TPSA) is 87.7 Å². The van der Waals surface area contributed by atoms with Crippen molar-refractivity contribution < 1.29 is 19.1 Å². The molecule has 1 aliphatic rings. The second kappa shape index (κ2) is 10.8. The third-order valence-electron chi connectivity index (χ3n) is 5.54. The second-order valence-electron chi connectivity index (χ2n) is 10.5. The summed E-state index contributed by atoms with van der Waals surface area (Å²) in [6.45, 7) is 14.1. The van der Waals surface area contributed by atoms with E-state index in [0.717, 1.165) is 12.8 Å². The fourth-order valence-corrected chi connectivity index (χ4v) is 3.59. The molecule has 1 aliphatic heterocycles. The highest BCUT2D eigenvalue weighted by atomic mass is 16.6. The Hall–Kier alpha value is -2.57. The predicted molar refractivity (Wildman–Crippen MR) is 126 cm³/mol. The Morgan fingerprint density at radius 3 is 2.09 bits per heavy atom. The molecule has 1 saturated heterocycles. The average molecular weight is 446 g/mol. The first-order valence-electron chi connectivity index (χ1n) is 11.5. The first-order valence-corrected chi connectivity index (χ1v) is 11.5. The van der Waals surface area contributed by atoms with Crippen molar-refractivity contribution in [3.8, 4) is 0 Å². The summed E-state index contributed by atoms with van der Waals surface area (Å²) in [7, 11) is 0. The van der Waals surface area contributed by atoms with Crippen LogP contribution in [0.1, 0.15) is 76.7 Å². The minimum atomic E-state index is -0.554. The zero-order valence-corrected chi connectivity index (χ0v) is 20.4. The van der Waals surface area contributed by atoms with Crippen LogP contribution in [0.15, 0.2) is 24.3 Å². The molecule has 1 aromatic rings. The largest absolute Gasteiger partial charge is 0.444 e. The predicted octanol–water partition coefficient (Wildman–Crippen LogP) is 3.87. The highest BCUT2D eigenvalue weighted by Crippen LogP contribution is 2.22. The molecular weight excluding hydrogens is 406 g/mol. The molecule has 2 N–H and O–H groups in total. The average Bonchev–Trinajstić information content (AvgIpc) is 2.70. The highest BCUT2D eigenvalue weighted by molar-refractivity contribution is 5.94. The molecule has 178 valence electrons. The lowest BCUT2D eigenvalue weighted by molar-refractivity contribution is -0.132. The van der Waals surface area contributed by atoms with Gasteiger partial charge >= 0.3 is 6.09 Å². The molecular formula is C25H39N3O4. The molecule has 1 fully saturated rings. The smallest absolute Gasteiger partial charge is 0.407 e. The number of likely N-dealkylation sites (tertiary alicyclic amines) is 1. The number of carbonyl (C=O) groups is 3. The second-order valence-corrected chi connectivity index (χ2v) is 10.5. The molecule has 0 spiro atoms. The summed E-state index contributed by atoms with van der Waals surface area (Å²) in [4.78, 5) is 38.3. The lowest BCUT2D eigenvalue weighted by atomic mass is 9.86. The van der Waals surface area contributed by atoms with Gasteiger partial charge in [0, 0.05) is 38.2 Å². The van der Waals surface area contributed by atoms with Gasteiger partial charge in [-0.1, -0.05) is 32.9 Å². The van der Waals surface area contributed by atoms with E-state index in [1.54, 1.807) is 20.8 Å². The van der Waals surface area contributed by atoms with Crippen LogP contribution in [0.5, 0.6) is 0 Å². The standard InChI is InChI=1S/C25H39N3O4/c1-24(2,3)20-9-7-19(8-10-20)22(30)27-17-18-12-15-28(16-13-18)21(29)11-14-26-23(31)32-25(4,5)6/h7-10,18H,11-17H2,1-6H3,(H,26,31)(H,27,30). The Morgan fingerprint density at radius 2 is 1.56 bits per heavy atom. The Kier molecular flexibility index (Phi) is 8.70. The maximum Gasteiger partial charge on any atom is 0.407 e. The number of ether oxygens (including phenoxy) is 1. The van der Waals surface area contributed by atoms with Gasteiger partial charge < -0.3 is 20.3 Å². The Labute approximate surface area is 192 Å². The minimum absolute atomic E-state index is 0.0301. The third kappa shape index (κ3) is 8.52. The van der Waals surface area contributed by atoms with Crippen LogP contribution in [-0.2, 0) is 14.9 Å². The van der Waals surface area contributed by atoms with Crippen molar-refractivity contribution in [1.29, 1.82) is 0 Å². The van der Waals surface area contributed by atoms with Crippen molar-refractivity contribution in [2.24, 2.45) is 5.92 Å². The summed E-state index contributed by atoms with van der Waals surface area (Å²) >= 11 is 0. The number of hydrogen-bond acceptors (Lipinski definition) is 4. The van der Waals surface area contributed by atoms with E-state index in [9.17, 15) is 14.4 Å². The monoisotopic (exact) mass is 445 g/mol. The van der Waals surface area contributed by atoms with E-state index in [0.29, 0.717) is 31.1 Å². The van der Waals surface area contributed by atoms with Crippen LogP contribution in [0.25, 0.3) is 0 Å². The highest BCUT2D eigenvalue weighted by Gasteiger charge is 2.23. The van der Waals surface area contributed by atoms with E-state index in [1.165, 1.54) is 5.56 Å². The SMILES string of the molecule is CC(C)(C)OC(=O)NCCC(=O)N1CCC(CNC(=O)c2ccc(C(C)(C)C)cc2)CC1. The molecule has 7 nitrogen and oxygen atoms in total. The summed E-state index contributed by atoms with van der Waals surface area (Å²) in [6, 6.07) is 7.78. The van der Waals surface area contributed by atoms with E-state index >= 15 is 0 Å². The maximum absolute atomic E-state index is 12.5. The number of hydrogen-bond donors (Lipinski definition) is 2. The number of piperidine rings is 1. The molecule has 0 atom stereocenters. The normalized spacial score (nSPS) is 15.2. The number of nitrogens with one attached hydrogen (secondary N) is 2. The molecule has 0 unspecified atom stereocenters. The summed E-state index contributed by atoms with van der Waals surface area (Å²) < 4.78 is 5.17. The molecule has 1 heterocycles. The van der Waals surface area contributed by atoms with E-state index in [1.807, 2.05) is 29.2 Å². The minimum Gasteiger partial charge on any atom is -0.444 e. The van der Waals surface area contributed by atoms with Crippen molar-refractivity contribution in [3.05, 3.63) is 35.4 Å². The number of amides is 3. The fourth-order valence-electron chi connectivity index (χ4n) is 3.59. The van der Waals surface area contributed by atoms with Gasteiger partial charge in [-0.25, -0.2) is 4.79 Å². The van der Waals surface area contributed by atoms with Crippen LogP contribution in [0.2, 0.25) is 0 Å². The zero-order chi connectivity index (χ0) is 23.9. The molecule has 0 aliphatic carbocycles. The number of alkyl carbamates (subject to hydrolysis) is 1. The molecule has 1 aromatic carbocycles. The molecule has 0 aromatic heterocycles. The van der Waals surface area contributed by atoms with Crippen molar-refractivity contribution in [2.75, 3.05) is 26.2 Å². The van der Waals surface area contributed by atoms with E-state index in [4.69, 9.17) is 4.74 Å². The van der Waals surface area contributed by atoms with Crippen LogP contribution in [0.3, 0.4) is 0 Å². The molecule has 0 radical (unpaired) electrons. The van der Waals surface area contributed by atoms with Gasteiger partial charge in [-0.05, 0) is 62.6 Å². The van der Waals surface area contributed by atoms with Crippen LogP contribution in [-0.4, -0.2) is 54.6 Å². The summed E-state index contributed by atoms with van der Waals surface area (Å²) in [5.41, 5.74) is 1.38. The molecule has 0 saturated carbocycles. The molecule has 2 rings (SSSR count). The molecule has 3 amide bonds. The lowest BCUT2D eigenvalue weighted by Crippen LogP contribution is -2.42.